The van der Waals surface area contributed by atoms with Gasteiger partial charge in [-0.1, -0.05) is 0 Å². The highest BCUT2D eigenvalue weighted by atomic mass is 79.9. The Hall–Kier alpha value is -0.610. The Bertz CT molecular complexity index is 382. The van der Waals surface area contributed by atoms with Crippen LogP contribution in [0, 0.1) is 12.8 Å². The van der Waals surface area contributed by atoms with Gasteiger partial charge in [-0.15, -0.1) is 0 Å². The third kappa shape index (κ3) is 2.99. The molecule has 2 heterocycles. The second kappa shape index (κ2) is 5.83. The first-order chi connectivity index (χ1) is 8.22. The van der Waals surface area contributed by atoms with Crippen molar-refractivity contribution in [1.82, 2.24) is 4.98 Å². The summed E-state index contributed by atoms with van der Waals surface area (Å²) in [7, 11) is 1.78. The van der Waals surface area contributed by atoms with E-state index < -0.39 is 0 Å². The zero-order valence-corrected chi connectivity index (χ0v) is 12.0. The zero-order chi connectivity index (χ0) is 12.3. The van der Waals surface area contributed by atoms with Gasteiger partial charge in [-0.3, -0.25) is 0 Å². The van der Waals surface area contributed by atoms with Gasteiger partial charge in [0.15, 0.2) is 0 Å². The summed E-state index contributed by atoms with van der Waals surface area (Å²) < 4.78 is 6.38. The van der Waals surface area contributed by atoms with E-state index >= 15 is 0 Å². The minimum Gasteiger partial charge on any atom is -0.384 e. The lowest BCUT2D eigenvalue weighted by molar-refractivity contribution is 0.143. The fraction of sp³-hybridized carbons (Fsp3) is 0.615. The summed E-state index contributed by atoms with van der Waals surface area (Å²) in [6.45, 7) is 5.09. The van der Waals surface area contributed by atoms with Crippen LogP contribution in [0.25, 0.3) is 0 Å². The molecule has 1 aromatic rings. The van der Waals surface area contributed by atoms with Crippen molar-refractivity contribution in [1.29, 1.82) is 0 Å². The molecule has 0 amide bonds. The molecular formula is C13H19BrN2O. The van der Waals surface area contributed by atoms with E-state index in [1.807, 2.05) is 12.3 Å². The molecule has 0 bridgehead atoms. The van der Waals surface area contributed by atoms with Crippen molar-refractivity contribution in [2.45, 2.75) is 19.8 Å². The fourth-order valence-electron chi connectivity index (χ4n) is 2.38. The molecule has 94 valence electrons. The van der Waals surface area contributed by atoms with E-state index in [0.717, 1.165) is 30.0 Å². The Balaban J connectivity index is 2.13. The van der Waals surface area contributed by atoms with Gasteiger partial charge in [-0.2, -0.15) is 0 Å². The predicted molar refractivity (Wildman–Crippen MR) is 73.5 cm³/mol. The van der Waals surface area contributed by atoms with Crippen LogP contribution in [0.1, 0.15) is 18.4 Å². The van der Waals surface area contributed by atoms with Crippen molar-refractivity contribution in [3.8, 4) is 0 Å². The number of aromatic nitrogens is 1. The lowest BCUT2D eigenvalue weighted by Gasteiger charge is -2.34. The molecule has 3 nitrogen and oxygen atoms in total. The number of ether oxygens (including phenoxy) is 1. The molecule has 4 heteroatoms. The van der Waals surface area contributed by atoms with E-state index in [1.165, 1.54) is 18.4 Å². The topological polar surface area (TPSA) is 25.4 Å². The van der Waals surface area contributed by atoms with Crippen molar-refractivity contribution < 1.29 is 4.74 Å². The predicted octanol–water partition coefficient (Wildman–Crippen LogP) is 3.02. The fourth-order valence-corrected chi connectivity index (χ4v) is 2.86. The Morgan fingerprint density at radius 2 is 2.41 bits per heavy atom. The Morgan fingerprint density at radius 3 is 3.18 bits per heavy atom. The summed E-state index contributed by atoms with van der Waals surface area (Å²) >= 11 is 3.64. The molecule has 1 aromatic heterocycles. The van der Waals surface area contributed by atoms with Crippen LogP contribution in [0.4, 0.5) is 5.82 Å². The Labute approximate surface area is 111 Å². The summed E-state index contributed by atoms with van der Waals surface area (Å²) in [4.78, 5) is 6.86. The van der Waals surface area contributed by atoms with Gasteiger partial charge in [0.05, 0.1) is 11.1 Å². The maximum Gasteiger partial charge on any atom is 0.143 e. The normalized spacial score (nSPS) is 20.6. The van der Waals surface area contributed by atoms with Gasteiger partial charge < -0.3 is 9.64 Å². The molecule has 0 aromatic carbocycles. The molecule has 0 saturated carbocycles. The average Bonchev–Trinajstić information content (AvgIpc) is 2.33. The summed E-state index contributed by atoms with van der Waals surface area (Å²) in [5.41, 5.74) is 1.24. The standard InChI is InChI=1S/C13H19BrN2O/c1-10-5-6-15-13(12(10)14)16-7-3-4-11(8-16)9-17-2/h5-6,11H,3-4,7-9H2,1-2H3. The molecule has 1 fully saturated rings. The number of pyridine rings is 1. The van der Waals surface area contributed by atoms with Gasteiger partial charge in [-0.25, -0.2) is 4.98 Å². The van der Waals surface area contributed by atoms with Gasteiger partial charge >= 0.3 is 0 Å². The quantitative estimate of drug-likeness (QED) is 0.858. The number of anilines is 1. The minimum atomic E-state index is 0.628. The van der Waals surface area contributed by atoms with Crippen molar-refractivity contribution in [3.05, 3.63) is 22.3 Å². The van der Waals surface area contributed by atoms with E-state index in [9.17, 15) is 0 Å². The summed E-state index contributed by atoms with van der Waals surface area (Å²) in [5.74, 6) is 1.70. The van der Waals surface area contributed by atoms with E-state index in [0.29, 0.717) is 5.92 Å². The molecule has 1 unspecified atom stereocenters. The van der Waals surface area contributed by atoms with Crippen LogP contribution >= 0.6 is 15.9 Å². The maximum absolute atomic E-state index is 5.26. The minimum absolute atomic E-state index is 0.628. The van der Waals surface area contributed by atoms with Crippen LogP contribution in [-0.2, 0) is 4.74 Å². The highest BCUT2D eigenvalue weighted by Crippen LogP contribution is 2.30. The van der Waals surface area contributed by atoms with Crippen LogP contribution in [0.2, 0.25) is 0 Å². The van der Waals surface area contributed by atoms with Gasteiger partial charge in [0.2, 0.25) is 0 Å². The number of hydrogen-bond donors (Lipinski definition) is 0. The largest absolute Gasteiger partial charge is 0.384 e. The number of methoxy groups -OCH3 is 1. The molecule has 0 radical (unpaired) electrons. The monoisotopic (exact) mass is 298 g/mol. The van der Waals surface area contributed by atoms with Crippen molar-refractivity contribution in [2.24, 2.45) is 5.92 Å². The first-order valence-electron chi connectivity index (χ1n) is 6.07. The van der Waals surface area contributed by atoms with Crippen LogP contribution in [0.15, 0.2) is 16.7 Å². The maximum atomic E-state index is 5.26. The molecule has 2 rings (SSSR count). The van der Waals surface area contributed by atoms with Crippen LogP contribution in [-0.4, -0.2) is 31.8 Å². The lowest BCUT2D eigenvalue weighted by atomic mass is 9.99. The van der Waals surface area contributed by atoms with Gasteiger partial charge in [-0.05, 0) is 53.2 Å². The zero-order valence-electron chi connectivity index (χ0n) is 10.4. The first kappa shape index (κ1) is 12.8. The SMILES string of the molecule is COCC1CCCN(c2nccc(C)c2Br)C1. The van der Waals surface area contributed by atoms with Gasteiger partial charge in [0.25, 0.3) is 0 Å². The lowest BCUT2D eigenvalue weighted by Crippen LogP contribution is -2.37. The number of aryl methyl sites for hydroxylation is 1. The number of piperidine rings is 1. The number of halogens is 1. The summed E-state index contributed by atoms with van der Waals surface area (Å²) in [6.07, 6.45) is 4.36. The van der Waals surface area contributed by atoms with Crippen LogP contribution < -0.4 is 4.90 Å². The molecular weight excluding hydrogens is 280 g/mol. The van der Waals surface area contributed by atoms with Crippen molar-refractivity contribution >= 4 is 21.7 Å². The molecule has 0 aliphatic carbocycles. The molecule has 1 aliphatic rings. The van der Waals surface area contributed by atoms with E-state index in [2.05, 4.69) is 32.7 Å². The number of nitrogens with zero attached hydrogens (tertiary/aromatic N) is 2. The van der Waals surface area contributed by atoms with Gasteiger partial charge in [0, 0.05) is 26.4 Å². The smallest absolute Gasteiger partial charge is 0.143 e. The first-order valence-corrected chi connectivity index (χ1v) is 6.86. The van der Waals surface area contributed by atoms with Crippen molar-refractivity contribution in [3.63, 3.8) is 0 Å². The third-order valence-electron chi connectivity index (χ3n) is 3.28. The molecule has 1 atom stereocenters. The van der Waals surface area contributed by atoms with E-state index in [4.69, 9.17) is 4.74 Å². The third-order valence-corrected chi connectivity index (χ3v) is 4.26. The summed E-state index contributed by atoms with van der Waals surface area (Å²) in [6, 6.07) is 2.03. The van der Waals surface area contributed by atoms with Crippen LogP contribution in [0.3, 0.4) is 0 Å². The van der Waals surface area contributed by atoms with Crippen LogP contribution in [0.5, 0.6) is 0 Å². The average molecular weight is 299 g/mol. The molecule has 1 saturated heterocycles. The Morgan fingerprint density at radius 1 is 1.59 bits per heavy atom. The molecule has 0 spiro atoms. The molecule has 17 heavy (non-hydrogen) atoms. The Kier molecular flexibility index (Phi) is 4.40. The van der Waals surface area contributed by atoms with Crippen molar-refractivity contribution in [2.75, 3.05) is 31.7 Å². The summed E-state index contributed by atoms with van der Waals surface area (Å²) in [5, 5.41) is 0. The second-order valence-electron chi connectivity index (χ2n) is 4.68. The highest BCUT2D eigenvalue weighted by Gasteiger charge is 2.22. The number of rotatable bonds is 3. The number of hydrogen-bond acceptors (Lipinski definition) is 3. The van der Waals surface area contributed by atoms with Gasteiger partial charge in [0.1, 0.15) is 5.82 Å². The molecule has 1 aliphatic heterocycles. The molecule has 0 N–H and O–H groups in total. The van der Waals surface area contributed by atoms with E-state index in [-0.39, 0.29) is 0 Å². The second-order valence-corrected chi connectivity index (χ2v) is 5.47. The van der Waals surface area contributed by atoms with E-state index in [1.54, 1.807) is 7.11 Å². The highest BCUT2D eigenvalue weighted by molar-refractivity contribution is 9.10.